The molecule has 0 bridgehead atoms. The zero-order valence-corrected chi connectivity index (χ0v) is 13.0. The zero-order valence-electron chi connectivity index (χ0n) is 13.0. The average Bonchev–Trinajstić information content (AvgIpc) is 2.49. The molecule has 2 aromatic rings. The predicted molar refractivity (Wildman–Crippen MR) is 89.6 cm³/mol. The van der Waals surface area contributed by atoms with Crippen LogP contribution in [-0.2, 0) is 0 Å². The van der Waals surface area contributed by atoms with Gasteiger partial charge in [-0.2, -0.15) is 0 Å². The molecule has 110 valence electrons. The Labute approximate surface area is 128 Å². The Kier molecular flexibility index (Phi) is 4.40. The molecule has 1 saturated carbocycles. The second-order valence-electron chi connectivity index (χ2n) is 6.31. The van der Waals surface area contributed by atoms with E-state index in [1.807, 2.05) is 0 Å². The molecule has 1 heteroatoms. The van der Waals surface area contributed by atoms with Gasteiger partial charge in [0.25, 0.3) is 0 Å². The first-order chi connectivity index (χ1) is 10.3. The molecule has 1 aliphatic rings. The second kappa shape index (κ2) is 6.44. The average molecular weight is 279 g/mol. The summed E-state index contributed by atoms with van der Waals surface area (Å²) in [5.41, 5.74) is 4.27. The molecule has 1 unspecified atom stereocenters. The lowest BCUT2D eigenvalue weighted by molar-refractivity contribution is 0.262. The minimum atomic E-state index is 0.496. The molecule has 1 nitrogen and oxygen atoms in total. The molecule has 0 spiro atoms. The van der Waals surface area contributed by atoms with E-state index in [1.54, 1.807) is 0 Å². The normalized spacial score (nSPS) is 22.6. The Morgan fingerprint density at radius 2 is 1.67 bits per heavy atom. The monoisotopic (exact) mass is 279 g/mol. The number of hydrogen-bond donors (Lipinski definition) is 1. The van der Waals surface area contributed by atoms with E-state index in [1.165, 1.54) is 29.5 Å². The largest absolute Gasteiger partial charge is 0.307 e. The van der Waals surface area contributed by atoms with Crippen LogP contribution in [0.4, 0.5) is 0 Å². The van der Waals surface area contributed by atoms with Gasteiger partial charge in [-0.15, -0.1) is 0 Å². The smallest absolute Gasteiger partial charge is 0.0320 e. The van der Waals surface area contributed by atoms with Gasteiger partial charge in [-0.25, -0.2) is 0 Å². The summed E-state index contributed by atoms with van der Waals surface area (Å²) in [6.07, 6.45) is 3.69. The summed E-state index contributed by atoms with van der Waals surface area (Å²) >= 11 is 0. The van der Waals surface area contributed by atoms with Crippen LogP contribution in [0.5, 0.6) is 0 Å². The molecule has 0 heterocycles. The first kappa shape index (κ1) is 14.3. The third kappa shape index (κ3) is 3.36. The van der Waals surface area contributed by atoms with Crippen molar-refractivity contribution >= 4 is 0 Å². The fraction of sp³-hybridized carbons (Fsp3) is 0.400. The van der Waals surface area contributed by atoms with Crippen molar-refractivity contribution in [2.75, 3.05) is 0 Å². The molecule has 1 aliphatic carbocycles. The van der Waals surface area contributed by atoms with Gasteiger partial charge < -0.3 is 5.32 Å². The molecule has 0 aliphatic heterocycles. The Morgan fingerprint density at radius 3 is 2.29 bits per heavy atom. The van der Waals surface area contributed by atoms with Gasteiger partial charge in [-0.05, 0) is 43.2 Å². The van der Waals surface area contributed by atoms with Crippen molar-refractivity contribution in [3.63, 3.8) is 0 Å². The Hall–Kier alpha value is -1.60. The lowest BCUT2D eigenvalue weighted by Crippen LogP contribution is -2.41. The molecule has 0 amide bonds. The van der Waals surface area contributed by atoms with Crippen LogP contribution < -0.4 is 5.32 Å². The van der Waals surface area contributed by atoms with Gasteiger partial charge in [0.2, 0.25) is 0 Å². The van der Waals surface area contributed by atoms with Gasteiger partial charge in [0.15, 0.2) is 0 Å². The maximum atomic E-state index is 3.83. The van der Waals surface area contributed by atoms with Crippen molar-refractivity contribution < 1.29 is 0 Å². The highest BCUT2D eigenvalue weighted by Crippen LogP contribution is 2.38. The van der Waals surface area contributed by atoms with Crippen LogP contribution in [0.3, 0.4) is 0 Å². The molecular weight excluding hydrogens is 254 g/mol. The lowest BCUT2D eigenvalue weighted by Gasteiger charge is -2.39. The van der Waals surface area contributed by atoms with Crippen LogP contribution in [0.1, 0.15) is 54.8 Å². The maximum absolute atomic E-state index is 3.83. The molecule has 1 fully saturated rings. The molecule has 21 heavy (non-hydrogen) atoms. The minimum absolute atomic E-state index is 0.496. The fourth-order valence-electron chi connectivity index (χ4n) is 3.28. The summed E-state index contributed by atoms with van der Waals surface area (Å²) in [5, 5.41) is 3.83. The summed E-state index contributed by atoms with van der Waals surface area (Å²) in [5.74, 6) is 0.747. The Balaban J connectivity index is 1.55. The van der Waals surface area contributed by atoms with Crippen molar-refractivity contribution in [3.05, 3.63) is 71.3 Å². The summed E-state index contributed by atoms with van der Waals surface area (Å²) in [4.78, 5) is 0. The number of aryl methyl sites for hydroxylation is 1. The van der Waals surface area contributed by atoms with Crippen LogP contribution in [0.25, 0.3) is 0 Å². The topological polar surface area (TPSA) is 12.0 Å². The number of hydrogen-bond acceptors (Lipinski definition) is 1. The molecule has 0 saturated heterocycles. The van der Waals surface area contributed by atoms with Gasteiger partial charge in [0, 0.05) is 12.1 Å². The molecule has 1 atom stereocenters. The van der Waals surface area contributed by atoms with E-state index in [0.717, 1.165) is 12.3 Å². The predicted octanol–water partition coefficient (Wildman–Crippen LogP) is 4.98. The maximum Gasteiger partial charge on any atom is 0.0320 e. The second-order valence-corrected chi connectivity index (χ2v) is 6.31. The summed E-state index contributed by atoms with van der Waals surface area (Å²) in [7, 11) is 0. The van der Waals surface area contributed by atoms with E-state index < -0.39 is 0 Å². The number of nitrogens with one attached hydrogen (secondary N) is 1. The molecule has 1 N–H and O–H groups in total. The van der Waals surface area contributed by atoms with Gasteiger partial charge in [-0.1, -0.05) is 67.1 Å². The van der Waals surface area contributed by atoms with Crippen molar-refractivity contribution in [3.8, 4) is 0 Å². The van der Waals surface area contributed by atoms with Gasteiger partial charge in [0.1, 0.15) is 0 Å². The SMILES string of the molecule is CCC(NC1CC(c2ccc(C)cc2)C1)c1ccccc1. The Morgan fingerprint density at radius 1 is 1.00 bits per heavy atom. The first-order valence-electron chi connectivity index (χ1n) is 8.14. The van der Waals surface area contributed by atoms with Crippen LogP contribution in [0, 0.1) is 6.92 Å². The summed E-state index contributed by atoms with van der Waals surface area (Å²) in [6, 6.07) is 21.0. The standard InChI is InChI=1S/C20H25N/c1-3-20(17-7-5-4-6-8-17)21-19-13-18(14-19)16-11-9-15(2)10-12-16/h4-12,18-21H,3,13-14H2,1-2H3. The Bertz CT molecular complexity index is 552. The lowest BCUT2D eigenvalue weighted by atomic mass is 9.75. The van der Waals surface area contributed by atoms with E-state index in [4.69, 9.17) is 0 Å². The highest BCUT2D eigenvalue weighted by molar-refractivity contribution is 5.27. The minimum Gasteiger partial charge on any atom is -0.307 e. The van der Waals surface area contributed by atoms with Gasteiger partial charge in [-0.3, -0.25) is 0 Å². The van der Waals surface area contributed by atoms with E-state index in [2.05, 4.69) is 73.8 Å². The van der Waals surface area contributed by atoms with E-state index in [0.29, 0.717) is 12.1 Å². The molecular formula is C20H25N. The van der Waals surface area contributed by atoms with Crippen LogP contribution >= 0.6 is 0 Å². The van der Waals surface area contributed by atoms with Crippen molar-refractivity contribution in [2.24, 2.45) is 0 Å². The highest BCUT2D eigenvalue weighted by atomic mass is 15.0. The quantitative estimate of drug-likeness (QED) is 0.813. The number of rotatable bonds is 5. The van der Waals surface area contributed by atoms with E-state index >= 15 is 0 Å². The molecule has 2 aromatic carbocycles. The van der Waals surface area contributed by atoms with Gasteiger partial charge in [0.05, 0.1) is 0 Å². The van der Waals surface area contributed by atoms with Crippen LogP contribution in [-0.4, -0.2) is 6.04 Å². The number of benzene rings is 2. The highest BCUT2D eigenvalue weighted by Gasteiger charge is 2.31. The molecule has 3 rings (SSSR count). The third-order valence-electron chi connectivity index (χ3n) is 4.73. The summed E-state index contributed by atoms with van der Waals surface area (Å²) < 4.78 is 0. The van der Waals surface area contributed by atoms with Gasteiger partial charge >= 0.3 is 0 Å². The van der Waals surface area contributed by atoms with E-state index in [-0.39, 0.29) is 0 Å². The summed E-state index contributed by atoms with van der Waals surface area (Å²) in [6.45, 7) is 4.42. The third-order valence-corrected chi connectivity index (χ3v) is 4.73. The first-order valence-corrected chi connectivity index (χ1v) is 8.14. The fourth-order valence-corrected chi connectivity index (χ4v) is 3.28. The van der Waals surface area contributed by atoms with Crippen molar-refractivity contribution in [2.45, 2.75) is 51.1 Å². The van der Waals surface area contributed by atoms with E-state index in [9.17, 15) is 0 Å². The molecule has 0 radical (unpaired) electrons. The van der Waals surface area contributed by atoms with Crippen molar-refractivity contribution in [1.82, 2.24) is 5.32 Å². The molecule has 0 aromatic heterocycles. The zero-order chi connectivity index (χ0) is 14.7. The van der Waals surface area contributed by atoms with Crippen molar-refractivity contribution in [1.29, 1.82) is 0 Å². The van der Waals surface area contributed by atoms with Crippen LogP contribution in [0.2, 0.25) is 0 Å². The van der Waals surface area contributed by atoms with Crippen LogP contribution in [0.15, 0.2) is 54.6 Å².